The molecule has 0 aromatic rings. The van der Waals surface area contributed by atoms with Crippen LogP contribution in [0, 0.1) is 0 Å². The Kier molecular flexibility index (Phi) is 3.09. The lowest BCUT2D eigenvalue weighted by Gasteiger charge is -1.76. The van der Waals surface area contributed by atoms with E-state index in [9.17, 15) is 0 Å². The Morgan fingerprint density at radius 1 is 1.83 bits per heavy atom. The molecule has 0 unspecified atom stereocenters. The normalized spacial score (nSPS) is 14.3. The molecule has 0 spiro atoms. The van der Waals surface area contributed by atoms with Crippen LogP contribution in [0.3, 0.4) is 0 Å². The van der Waals surface area contributed by atoms with E-state index < -0.39 is 0 Å². The highest BCUT2D eigenvalue weighted by atomic mass is 13.7. The molecule has 0 fully saturated rings. The molecule has 6 heavy (non-hydrogen) atoms. The Bertz CT molecular complexity index is 64.6. The van der Waals surface area contributed by atoms with Gasteiger partial charge in [-0.25, -0.2) is 0 Å². The second-order valence-corrected chi connectivity index (χ2v) is 1.24. The van der Waals surface area contributed by atoms with E-state index in [1.165, 1.54) is 0 Å². The average Bonchev–Trinajstić information content (AvgIpc) is 1.68. The topological polar surface area (TPSA) is 0 Å². The molecule has 0 heteroatoms. The van der Waals surface area contributed by atoms with Gasteiger partial charge < -0.3 is 0 Å². The molecule has 0 aliphatic carbocycles. The van der Waals surface area contributed by atoms with Crippen LogP contribution in [0.1, 0.15) is 28.1 Å². The maximum atomic E-state index is 7.08. The molecule has 0 heterocycles. The number of allylic oxidation sites excluding steroid dienone is 2. The second-order valence-electron chi connectivity index (χ2n) is 1.24. The van der Waals surface area contributed by atoms with Gasteiger partial charge in [0.1, 0.15) is 0 Å². The fraction of sp³-hybridized carbons (Fsp3) is 0.667. The van der Waals surface area contributed by atoms with Crippen LogP contribution in [0.5, 0.6) is 0 Å². The molecular weight excluding hydrogens is 72.1 g/mol. The van der Waals surface area contributed by atoms with E-state index in [1.807, 2.05) is 13.0 Å². The number of rotatable bonds is 2. The molecule has 0 aliphatic rings. The molecule has 0 bridgehead atoms. The van der Waals surface area contributed by atoms with Crippen molar-refractivity contribution in [2.75, 3.05) is 0 Å². The zero-order valence-corrected chi connectivity index (χ0v) is 4.49. The molecule has 0 aromatic heterocycles. The summed E-state index contributed by atoms with van der Waals surface area (Å²) in [7, 11) is 0. The van der Waals surface area contributed by atoms with E-state index in [-0.39, 0.29) is 0 Å². The first-order chi connectivity index (χ1) is 3.31. The first-order valence-electron chi connectivity index (χ1n) is 2.93. The number of hydrogen-bond acceptors (Lipinski definition) is 0. The van der Waals surface area contributed by atoms with Crippen molar-refractivity contribution < 1.29 is 1.37 Å². The molecule has 0 aromatic carbocycles. The minimum Gasteiger partial charge on any atom is -0.0917 e. The molecule has 0 N–H and O–H groups in total. The zero-order chi connectivity index (χ0) is 5.70. The Balaban J connectivity index is 3.17. The van der Waals surface area contributed by atoms with Gasteiger partial charge in [0.25, 0.3) is 0 Å². The molecule has 0 atom stereocenters. The predicted octanol–water partition coefficient (Wildman–Crippen LogP) is 2.36. The summed E-state index contributed by atoms with van der Waals surface area (Å²) >= 11 is 0. The Morgan fingerprint density at radius 3 is 2.67 bits per heavy atom. The van der Waals surface area contributed by atoms with Gasteiger partial charge in [-0.15, -0.1) is 0 Å². The maximum Gasteiger partial charge on any atom is 0.0572 e. The van der Waals surface area contributed by atoms with Crippen LogP contribution in [0.15, 0.2) is 12.1 Å². The van der Waals surface area contributed by atoms with Crippen LogP contribution < -0.4 is 0 Å². The van der Waals surface area contributed by atoms with Gasteiger partial charge in [0.2, 0.25) is 0 Å². The molecule has 0 nitrogen and oxygen atoms in total. The summed E-state index contributed by atoms with van der Waals surface area (Å²) in [5.41, 5.74) is 0. The molecule has 0 amide bonds. The van der Waals surface area contributed by atoms with Crippen LogP contribution in [0.25, 0.3) is 0 Å². The SMILES string of the molecule is [2H]C(=CC)CCC. The first kappa shape index (κ1) is 3.91. The Labute approximate surface area is 41.3 Å². The van der Waals surface area contributed by atoms with Crippen LogP contribution in [-0.2, 0) is 0 Å². The molecular formula is C6H12. The lowest BCUT2D eigenvalue weighted by atomic mass is 10.3. The van der Waals surface area contributed by atoms with Crippen LogP contribution in [0.4, 0.5) is 0 Å². The predicted molar refractivity (Wildman–Crippen MR) is 29.7 cm³/mol. The highest BCUT2D eigenvalue weighted by Crippen LogP contribution is 1.85. The lowest BCUT2D eigenvalue weighted by Crippen LogP contribution is -1.55. The smallest absolute Gasteiger partial charge is 0.0572 e. The molecule has 0 saturated heterocycles. The van der Waals surface area contributed by atoms with E-state index in [2.05, 4.69) is 6.92 Å². The fourth-order valence-electron chi connectivity index (χ4n) is 0.289. The molecule has 0 radical (unpaired) electrons. The van der Waals surface area contributed by atoms with Crippen molar-refractivity contribution in [1.82, 2.24) is 0 Å². The minimum atomic E-state index is 0.752. The summed E-state index contributed by atoms with van der Waals surface area (Å²) in [6.07, 6.45) is 3.85. The van der Waals surface area contributed by atoms with Crippen molar-refractivity contribution in [2.45, 2.75) is 26.7 Å². The lowest BCUT2D eigenvalue weighted by molar-refractivity contribution is 0.957. The van der Waals surface area contributed by atoms with E-state index in [4.69, 9.17) is 1.37 Å². The monoisotopic (exact) mass is 85.1 g/mol. The van der Waals surface area contributed by atoms with Gasteiger partial charge in [0.05, 0.1) is 1.37 Å². The van der Waals surface area contributed by atoms with Crippen molar-refractivity contribution in [3.05, 3.63) is 12.1 Å². The van der Waals surface area contributed by atoms with E-state index in [0.29, 0.717) is 0 Å². The van der Waals surface area contributed by atoms with Crippen LogP contribution in [0.2, 0.25) is 0 Å². The van der Waals surface area contributed by atoms with Crippen molar-refractivity contribution >= 4 is 0 Å². The average molecular weight is 85.2 g/mol. The van der Waals surface area contributed by atoms with E-state index in [1.54, 1.807) is 0 Å². The van der Waals surface area contributed by atoms with Gasteiger partial charge in [-0.3, -0.25) is 0 Å². The second kappa shape index (κ2) is 4.74. The summed E-state index contributed by atoms with van der Waals surface area (Å²) in [6, 6.07) is 0.752. The Morgan fingerprint density at radius 2 is 2.50 bits per heavy atom. The van der Waals surface area contributed by atoms with E-state index in [0.717, 1.165) is 18.9 Å². The summed E-state index contributed by atoms with van der Waals surface area (Å²) in [5.74, 6) is 0. The molecule has 0 aliphatic heterocycles. The molecule has 0 rings (SSSR count). The highest BCUT2D eigenvalue weighted by Gasteiger charge is 1.64. The first-order valence-corrected chi connectivity index (χ1v) is 2.43. The quantitative estimate of drug-likeness (QED) is 0.451. The third kappa shape index (κ3) is 3.74. The van der Waals surface area contributed by atoms with Gasteiger partial charge in [-0.2, -0.15) is 0 Å². The van der Waals surface area contributed by atoms with Crippen molar-refractivity contribution in [1.29, 1.82) is 0 Å². The summed E-state index contributed by atoms with van der Waals surface area (Å²) in [6.45, 7) is 3.98. The van der Waals surface area contributed by atoms with Crippen molar-refractivity contribution in [2.24, 2.45) is 0 Å². The standard InChI is InChI=1S/C6H12/c1-3-5-6-4-2/h3,5H,4,6H2,1-2H3/i5D. The number of hydrogen-bond donors (Lipinski definition) is 0. The summed E-state index contributed by atoms with van der Waals surface area (Å²) in [5, 5.41) is 0. The summed E-state index contributed by atoms with van der Waals surface area (Å²) in [4.78, 5) is 0. The van der Waals surface area contributed by atoms with Gasteiger partial charge in [-0.1, -0.05) is 25.5 Å². The molecule has 0 saturated carbocycles. The van der Waals surface area contributed by atoms with Crippen LogP contribution >= 0.6 is 0 Å². The third-order valence-electron chi connectivity index (χ3n) is 0.598. The Hall–Kier alpha value is -0.260. The van der Waals surface area contributed by atoms with E-state index >= 15 is 0 Å². The molecule has 36 valence electrons. The largest absolute Gasteiger partial charge is 0.0917 e. The van der Waals surface area contributed by atoms with Gasteiger partial charge in [0, 0.05) is 0 Å². The van der Waals surface area contributed by atoms with Gasteiger partial charge >= 0.3 is 0 Å². The zero-order valence-electron chi connectivity index (χ0n) is 5.49. The fourth-order valence-corrected chi connectivity index (χ4v) is 0.289. The minimum absolute atomic E-state index is 0.752. The summed E-state index contributed by atoms with van der Waals surface area (Å²) < 4.78 is 7.08. The van der Waals surface area contributed by atoms with Gasteiger partial charge in [0.15, 0.2) is 0 Å². The van der Waals surface area contributed by atoms with Crippen molar-refractivity contribution in [3.63, 3.8) is 0 Å². The highest BCUT2D eigenvalue weighted by molar-refractivity contribution is 4.75. The third-order valence-corrected chi connectivity index (χ3v) is 0.598. The van der Waals surface area contributed by atoms with Crippen LogP contribution in [-0.4, -0.2) is 0 Å². The van der Waals surface area contributed by atoms with Gasteiger partial charge in [-0.05, 0) is 13.3 Å². The maximum absolute atomic E-state index is 7.08. The van der Waals surface area contributed by atoms with Crippen molar-refractivity contribution in [3.8, 4) is 0 Å².